The van der Waals surface area contributed by atoms with E-state index in [1.807, 2.05) is 42.5 Å². The van der Waals surface area contributed by atoms with Crippen LogP contribution in [0.3, 0.4) is 0 Å². The molecular formula is C25H26N4O2S3. The molecule has 0 radical (unpaired) electrons. The number of aryl methyl sites for hydroxylation is 1. The quantitative estimate of drug-likeness (QED) is 0.200. The van der Waals surface area contributed by atoms with Gasteiger partial charge in [0.25, 0.3) is 0 Å². The van der Waals surface area contributed by atoms with Crippen LogP contribution in [0, 0.1) is 0 Å². The number of rotatable bonds is 10. The van der Waals surface area contributed by atoms with Crippen LogP contribution in [-0.4, -0.2) is 30.8 Å². The van der Waals surface area contributed by atoms with Crippen molar-refractivity contribution in [3.63, 3.8) is 0 Å². The summed E-state index contributed by atoms with van der Waals surface area (Å²) in [6, 6.07) is 13.7. The van der Waals surface area contributed by atoms with Crippen molar-refractivity contribution in [3.8, 4) is 0 Å². The van der Waals surface area contributed by atoms with Gasteiger partial charge in [-0.15, -0.1) is 11.3 Å². The molecule has 0 bridgehead atoms. The highest BCUT2D eigenvalue weighted by Crippen LogP contribution is 2.42. The summed E-state index contributed by atoms with van der Waals surface area (Å²) in [6.45, 7) is 4.31. The number of thiophene rings is 1. The minimum absolute atomic E-state index is 0.0591. The van der Waals surface area contributed by atoms with Crippen molar-refractivity contribution in [3.05, 3.63) is 71.1 Å². The average molecular weight is 511 g/mol. The number of Topliss-reactive ketones (excluding diaryl/α,β-unsaturated/α-hetero) is 2. The van der Waals surface area contributed by atoms with E-state index in [0.29, 0.717) is 18.1 Å². The lowest BCUT2D eigenvalue weighted by Crippen LogP contribution is -2.15. The first-order valence-corrected chi connectivity index (χ1v) is 13.8. The van der Waals surface area contributed by atoms with Gasteiger partial charge in [-0.05, 0) is 72.3 Å². The fraction of sp³-hybridized carbons (Fsp3) is 0.280. The summed E-state index contributed by atoms with van der Waals surface area (Å²) in [4.78, 5) is 34.8. The van der Waals surface area contributed by atoms with Gasteiger partial charge in [0.2, 0.25) is 5.78 Å². The molecule has 34 heavy (non-hydrogen) atoms. The molecule has 6 nitrogen and oxygen atoms in total. The maximum Gasteiger partial charge on any atom is 0.202 e. The van der Waals surface area contributed by atoms with Gasteiger partial charge in [-0.1, -0.05) is 22.9 Å². The van der Waals surface area contributed by atoms with Gasteiger partial charge in [-0.25, -0.2) is 9.97 Å². The highest BCUT2D eigenvalue weighted by atomic mass is 33.1. The number of benzene rings is 1. The van der Waals surface area contributed by atoms with Crippen LogP contribution < -0.4 is 5.73 Å². The van der Waals surface area contributed by atoms with Gasteiger partial charge in [0.1, 0.15) is 10.8 Å². The molecule has 4 aromatic rings. The third-order valence-corrected chi connectivity index (χ3v) is 9.73. The van der Waals surface area contributed by atoms with E-state index >= 15 is 0 Å². The second-order valence-corrected chi connectivity index (χ2v) is 12.6. The monoisotopic (exact) mass is 510 g/mol. The van der Waals surface area contributed by atoms with Gasteiger partial charge in [-0.2, -0.15) is 0 Å². The molecule has 176 valence electrons. The molecular weight excluding hydrogens is 485 g/mol. The Balaban J connectivity index is 1.37. The first-order chi connectivity index (χ1) is 16.2. The van der Waals surface area contributed by atoms with Crippen molar-refractivity contribution in [2.45, 2.75) is 42.9 Å². The molecule has 0 unspecified atom stereocenters. The second kappa shape index (κ2) is 10.3. The molecule has 4 rings (SSSR count). The maximum atomic E-state index is 12.9. The minimum atomic E-state index is -0.0895. The van der Waals surface area contributed by atoms with Crippen LogP contribution in [0.15, 0.2) is 59.9 Å². The first kappa shape index (κ1) is 24.5. The van der Waals surface area contributed by atoms with Gasteiger partial charge >= 0.3 is 0 Å². The highest BCUT2D eigenvalue weighted by Gasteiger charge is 2.22. The molecule has 1 aromatic carbocycles. The predicted molar refractivity (Wildman–Crippen MR) is 143 cm³/mol. The zero-order valence-corrected chi connectivity index (χ0v) is 21.7. The molecule has 0 aliphatic heterocycles. The molecule has 0 aliphatic carbocycles. The summed E-state index contributed by atoms with van der Waals surface area (Å²) < 4.78 is 2.63. The molecule has 9 heteroatoms. The lowest BCUT2D eigenvalue weighted by atomic mass is 10.0. The number of fused-ring (bicyclic) bond motifs is 1. The number of nitrogens with zero attached hydrogens (tertiary/aromatic N) is 3. The van der Waals surface area contributed by atoms with Crippen LogP contribution in [0.25, 0.3) is 10.1 Å². The highest BCUT2D eigenvalue weighted by molar-refractivity contribution is 8.77. The van der Waals surface area contributed by atoms with Crippen molar-refractivity contribution < 1.29 is 9.59 Å². The van der Waals surface area contributed by atoms with Crippen LogP contribution in [0.2, 0.25) is 0 Å². The van der Waals surface area contributed by atoms with Gasteiger partial charge in [0.15, 0.2) is 11.6 Å². The van der Waals surface area contributed by atoms with E-state index in [1.54, 1.807) is 45.6 Å². The molecule has 0 spiro atoms. The number of ketones is 2. The molecule has 0 aliphatic rings. The normalized spacial score (nSPS) is 11.7. The van der Waals surface area contributed by atoms with E-state index in [2.05, 4.69) is 23.8 Å². The third-order valence-electron chi connectivity index (χ3n) is 5.31. The summed E-state index contributed by atoms with van der Waals surface area (Å²) >= 11 is 1.51. The van der Waals surface area contributed by atoms with Crippen molar-refractivity contribution in [1.29, 1.82) is 0 Å². The largest absolute Gasteiger partial charge is 0.382 e. The smallest absolute Gasteiger partial charge is 0.202 e. The molecule has 0 saturated heterocycles. The number of carbonyl (C=O) groups excluding carboxylic acids is 2. The van der Waals surface area contributed by atoms with Gasteiger partial charge in [0, 0.05) is 41.7 Å². The lowest BCUT2D eigenvalue weighted by molar-refractivity contribution is 0.0972. The molecule has 3 aromatic heterocycles. The minimum Gasteiger partial charge on any atom is -0.382 e. The van der Waals surface area contributed by atoms with E-state index in [9.17, 15) is 9.59 Å². The summed E-state index contributed by atoms with van der Waals surface area (Å²) in [5.41, 5.74) is 6.58. The Morgan fingerprint density at radius 3 is 2.68 bits per heavy atom. The Bertz CT molecular complexity index is 1330. The third kappa shape index (κ3) is 6.08. The standard InChI is InChI=1S/C25H26N4O2S3/c1-25(2,34-33-23-6-4-5-11-27-23)10-9-18(30)21-14-17-12-16(7-8-20(17)32-21)13-19(31)24-28-22(26)15-29(24)3/h4-8,11-12,14-15H,9-10,13,26H2,1-3H3. The topological polar surface area (TPSA) is 90.9 Å². The summed E-state index contributed by atoms with van der Waals surface area (Å²) in [7, 11) is 5.14. The average Bonchev–Trinajstić information content (AvgIpc) is 3.39. The molecule has 0 fully saturated rings. The summed E-state index contributed by atoms with van der Waals surface area (Å²) in [5.74, 6) is 0.742. The number of hydrogen-bond acceptors (Lipinski definition) is 8. The Hall–Kier alpha value is -2.62. The molecule has 0 amide bonds. The van der Waals surface area contributed by atoms with Crippen LogP contribution in [0.5, 0.6) is 0 Å². The number of aromatic nitrogens is 3. The molecule has 0 saturated carbocycles. The Morgan fingerprint density at radius 2 is 1.97 bits per heavy atom. The lowest BCUT2D eigenvalue weighted by Gasteiger charge is -2.22. The second-order valence-electron chi connectivity index (χ2n) is 8.70. The van der Waals surface area contributed by atoms with E-state index < -0.39 is 0 Å². The Kier molecular flexibility index (Phi) is 7.45. The fourth-order valence-electron chi connectivity index (χ4n) is 3.48. The van der Waals surface area contributed by atoms with Crippen molar-refractivity contribution >= 4 is 60.4 Å². The Labute approximate surface area is 210 Å². The van der Waals surface area contributed by atoms with Crippen LogP contribution >= 0.6 is 32.9 Å². The molecule has 3 heterocycles. The number of imidazole rings is 1. The van der Waals surface area contributed by atoms with Crippen LogP contribution in [0.4, 0.5) is 5.82 Å². The number of carbonyl (C=O) groups is 2. The van der Waals surface area contributed by atoms with Gasteiger partial charge in [0.05, 0.1) is 4.88 Å². The van der Waals surface area contributed by atoms with Crippen LogP contribution in [0.1, 0.15) is 52.5 Å². The number of nitrogen functional groups attached to an aromatic ring is 1. The molecule has 0 atom stereocenters. The predicted octanol–water partition coefficient (Wildman–Crippen LogP) is 6.22. The number of anilines is 1. The van der Waals surface area contributed by atoms with Gasteiger partial charge in [-0.3, -0.25) is 9.59 Å². The first-order valence-electron chi connectivity index (χ1n) is 10.8. The van der Waals surface area contributed by atoms with E-state index in [0.717, 1.165) is 32.0 Å². The van der Waals surface area contributed by atoms with E-state index in [4.69, 9.17) is 5.73 Å². The fourth-order valence-corrected chi connectivity index (χ4v) is 6.71. The summed E-state index contributed by atoms with van der Waals surface area (Å²) in [6.07, 6.45) is 4.91. The van der Waals surface area contributed by atoms with Crippen molar-refractivity contribution in [2.75, 3.05) is 5.73 Å². The Morgan fingerprint density at radius 1 is 1.15 bits per heavy atom. The van der Waals surface area contributed by atoms with Crippen LogP contribution in [-0.2, 0) is 13.5 Å². The van der Waals surface area contributed by atoms with Gasteiger partial charge < -0.3 is 10.3 Å². The van der Waals surface area contributed by atoms with E-state index in [1.165, 1.54) is 11.3 Å². The zero-order valence-electron chi connectivity index (χ0n) is 19.3. The van der Waals surface area contributed by atoms with Crippen molar-refractivity contribution in [1.82, 2.24) is 14.5 Å². The van der Waals surface area contributed by atoms with E-state index in [-0.39, 0.29) is 22.7 Å². The number of hydrogen-bond donors (Lipinski definition) is 1. The number of pyridine rings is 1. The SMILES string of the molecule is Cn1cc(N)nc1C(=O)Cc1ccc2sc(C(=O)CCC(C)(C)SSc3ccccn3)cc2c1. The van der Waals surface area contributed by atoms with Crippen molar-refractivity contribution in [2.24, 2.45) is 7.05 Å². The number of nitrogens with two attached hydrogens (primary N) is 1. The molecule has 2 N–H and O–H groups in total. The zero-order chi connectivity index (χ0) is 24.3. The maximum absolute atomic E-state index is 12.9. The summed E-state index contributed by atoms with van der Waals surface area (Å²) in [5, 5.41) is 1.95.